The molecule has 0 amide bonds. The maximum atomic E-state index is 2.08. The first kappa shape index (κ1) is 9.10. The van der Waals surface area contributed by atoms with Crippen LogP contribution in [0.1, 0.15) is 20.8 Å². The standard InChI is InChI=1S/C4H9.Co/c1-4(2)3;/h1-3H3;. The van der Waals surface area contributed by atoms with Gasteiger partial charge in [0.05, 0.1) is 0 Å². The molecule has 2 radical (unpaired) electrons. The van der Waals surface area contributed by atoms with E-state index in [9.17, 15) is 0 Å². The van der Waals surface area contributed by atoms with Crippen LogP contribution in [0.25, 0.3) is 0 Å². The Kier molecular flexibility index (Phi) is 8.20. The fraction of sp³-hybridized carbons (Fsp3) is 0.750. The predicted molar refractivity (Wildman–Crippen MR) is 20.3 cm³/mol. The van der Waals surface area contributed by atoms with E-state index >= 15 is 0 Å². The van der Waals surface area contributed by atoms with Gasteiger partial charge >= 0.3 is 0 Å². The third kappa shape index (κ3) is 110. The first-order valence-corrected chi connectivity index (χ1v) is 1.50. The molecular weight excluding hydrogens is 107 g/mol. The van der Waals surface area contributed by atoms with Gasteiger partial charge in [-0.05, 0) is 5.92 Å². The predicted octanol–water partition coefficient (Wildman–Crippen LogP) is 1.62. The van der Waals surface area contributed by atoms with Gasteiger partial charge in [-0.2, -0.15) is 0 Å². The van der Waals surface area contributed by atoms with Crippen molar-refractivity contribution in [3.63, 3.8) is 0 Å². The summed E-state index contributed by atoms with van der Waals surface area (Å²) < 4.78 is 0. The minimum absolute atomic E-state index is 0. The Morgan fingerprint density at radius 2 is 1.00 bits per heavy atom. The van der Waals surface area contributed by atoms with Crippen LogP contribution in [0.4, 0.5) is 0 Å². The zero-order chi connectivity index (χ0) is 3.58. The first-order valence-electron chi connectivity index (χ1n) is 1.50. The molecule has 34 valence electrons. The average Bonchev–Trinajstić information content (AvgIpc) is 0.811. The fourth-order valence-corrected chi connectivity index (χ4v) is 0. The molecule has 0 nitrogen and oxygen atoms in total. The Bertz CT molecular complexity index is 8.36. The van der Waals surface area contributed by atoms with Crippen molar-refractivity contribution in [2.45, 2.75) is 20.8 Å². The topological polar surface area (TPSA) is 0 Å². The van der Waals surface area contributed by atoms with E-state index in [2.05, 4.69) is 20.8 Å². The van der Waals surface area contributed by atoms with Gasteiger partial charge in [0.25, 0.3) is 0 Å². The molecule has 1 heteroatoms. The Hall–Kier alpha value is 0.506. The summed E-state index contributed by atoms with van der Waals surface area (Å²) in [7, 11) is 0. The molecule has 0 rings (SSSR count). The van der Waals surface area contributed by atoms with Gasteiger partial charge in [0.15, 0.2) is 0 Å². The van der Waals surface area contributed by atoms with E-state index in [1.54, 1.807) is 0 Å². The summed E-state index contributed by atoms with van der Waals surface area (Å²) in [5.74, 6) is 1.42. The van der Waals surface area contributed by atoms with Crippen molar-refractivity contribution in [2.75, 3.05) is 0 Å². The summed E-state index contributed by atoms with van der Waals surface area (Å²) in [5, 5.41) is 0. The van der Waals surface area contributed by atoms with Gasteiger partial charge in [-0.15, -0.1) is 0 Å². The molecule has 0 saturated heterocycles. The van der Waals surface area contributed by atoms with Gasteiger partial charge in [-0.3, -0.25) is 0 Å². The van der Waals surface area contributed by atoms with E-state index < -0.39 is 0 Å². The van der Waals surface area contributed by atoms with Gasteiger partial charge < -0.3 is 0 Å². The Morgan fingerprint density at radius 3 is 1.00 bits per heavy atom. The van der Waals surface area contributed by atoms with Crippen molar-refractivity contribution >= 4 is 0 Å². The van der Waals surface area contributed by atoms with E-state index in [-0.39, 0.29) is 16.8 Å². The summed E-state index contributed by atoms with van der Waals surface area (Å²) in [5.41, 5.74) is 0. The molecule has 0 saturated carbocycles. The fourth-order valence-electron chi connectivity index (χ4n) is 0. The maximum Gasteiger partial charge on any atom is 0 e. The Labute approximate surface area is 44.2 Å². The number of hydrogen-bond donors (Lipinski definition) is 0. The molecule has 0 unspecified atom stereocenters. The minimum atomic E-state index is 0. The summed E-state index contributed by atoms with van der Waals surface area (Å²) in [6.07, 6.45) is 0. The number of rotatable bonds is 0. The maximum absolute atomic E-state index is 2.08. The SMILES string of the molecule is C[C](C)C.[Co]. The molecule has 0 aromatic heterocycles. The molecule has 5 heavy (non-hydrogen) atoms. The monoisotopic (exact) mass is 116 g/mol. The van der Waals surface area contributed by atoms with Crippen molar-refractivity contribution in [1.82, 2.24) is 0 Å². The van der Waals surface area contributed by atoms with Crippen LogP contribution in [0.3, 0.4) is 0 Å². The van der Waals surface area contributed by atoms with Gasteiger partial charge in [0, 0.05) is 16.8 Å². The van der Waals surface area contributed by atoms with E-state index in [1.807, 2.05) is 0 Å². The second kappa shape index (κ2) is 4.51. The molecule has 0 aliphatic carbocycles. The second-order valence-corrected chi connectivity index (χ2v) is 1.50. The quantitative estimate of drug-likeness (QED) is 0.451. The van der Waals surface area contributed by atoms with E-state index in [0.29, 0.717) is 0 Å². The summed E-state index contributed by atoms with van der Waals surface area (Å²) in [4.78, 5) is 0. The molecule has 0 aromatic carbocycles. The summed E-state index contributed by atoms with van der Waals surface area (Å²) in [6, 6.07) is 0. The van der Waals surface area contributed by atoms with Crippen LogP contribution < -0.4 is 0 Å². The summed E-state index contributed by atoms with van der Waals surface area (Å²) in [6.45, 7) is 6.25. The first-order chi connectivity index (χ1) is 1.73. The van der Waals surface area contributed by atoms with Crippen LogP contribution in [0.5, 0.6) is 0 Å². The largest absolute Gasteiger partial charge is 0.0597 e. The minimum Gasteiger partial charge on any atom is -0.0597 e. The second-order valence-electron chi connectivity index (χ2n) is 1.50. The zero-order valence-corrected chi connectivity index (χ0v) is 4.87. The van der Waals surface area contributed by atoms with Crippen molar-refractivity contribution in [3.8, 4) is 0 Å². The van der Waals surface area contributed by atoms with Gasteiger partial charge in [-0.25, -0.2) is 0 Å². The third-order valence-electron chi connectivity index (χ3n) is 0. The summed E-state index contributed by atoms with van der Waals surface area (Å²) >= 11 is 0. The molecule has 0 bridgehead atoms. The van der Waals surface area contributed by atoms with E-state index in [4.69, 9.17) is 0 Å². The van der Waals surface area contributed by atoms with Crippen molar-refractivity contribution in [1.29, 1.82) is 0 Å². The van der Waals surface area contributed by atoms with Crippen LogP contribution >= 0.6 is 0 Å². The Morgan fingerprint density at radius 1 is 1.00 bits per heavy atom. The normalized spacial score (nSPS) is 7.20. The van der Waals surface area contributed by atoms with Gasteiger partial charge in [-0.1, -0.05) is 20.8 Å². The Balaban J connectivity index is 0. The average molecular weight is 116 g/mol. The molecule has 0 fully saturated rings. The van der Waals surface area contributed by atoms with Crippen molar-refractivity contribution < 1.29 is 16.8 Å². The van der Waals surface area contributed by atoms with Gasteiger partial charge in [0.2, 0.25) is 0 Å². The molecule has 0 heterocycles. The van der Waals surface area contributed by atoms with Crippen LogP contribution in [-0.4, -0.2) is 0 Å². The van der Waals surface area contributed by atoms with Crippen LogP contribution in [-0.2, 0) is 16.8 Å². The van der Waals surface area contributed by atoms with Crippen LogP contribution in [0, 0.1) is 5.92 Å². The smallest absolute Gasteiger partial charge is 0 e. The molecule has 0 aliphatic heterocycles. The molecule has 0 spiro atoms. The zero-order valence-electron chi connectivity index (χ0n) is 3.83. The van der Waals surface area contributed by atoms with E-state index in [0.717, 1.165) is 0 Å². The molecule has 0 N–H and O–H groups in total. The van der Waals surface area contributed by atoms with Crippen molar-refractivity contribution in [3.05, 3.63) is 5.92 Å². The third-order valence-corrected chi connectivity index (χ3v) is 0. The molecule has 0 aliphatic rings. The van der Waals surface area contributed by atoms with Crippen LogP contribution in [0.15, 0.2) is 0 Å². The van der Waals surface area contributed by atoms with Gasteiger partial charge in [0.1, 0.15) is 0 Å². The van der Waals surface area contributed by atoms with E-state index in [1.165, 1.54) is 5.92 Å². The molecule has 0 aromatic rings. The van der Waals surface area contributed by atoms with Crippen molar-refractivity contribution in [2.24, 2.45) is 0 Å². The molecule has 0 atom stereocenters. The molecular formula is C4H9Co. The van der Waals surface area contributed by atoms with Crippen LogP contribution in [0.2, 0.25) is 0 Å². The number of hydrogen-bond acceptors (Lipinski definition) is 0.